The third kappa shape index (κ3) is 3.59. The molecule has 0 aliphatic carbocycles. The molecule has 1 unspecified atom stereocenters. The molecule has 1 aliphatic heterocycles. The monoisotopic (exact) mass is 373 g/mol. The fraction of sp³-hybridized carbons (Fsp3) is 0.235. The number of hydrogen-bond donors (Lipinski definition) is 1. The van der Waals surface area contributed by atoms with Gasteiger partial charge in [-0.05, 0) is 47.0 Å². The molecule has 2 heterocycles. The Hall–Kier alpha value is -2.21. The van der Waals surface area contributed by atoms with E-state index in [-0.39, 0.29) is 11.8 Å². The van der Waals surface area contributed by atoms with Crippen molar-refractivity contribution in [3.05, 3.63) is 58.8 Å². The van der Waals surface area contributed by atoms with Crippen LogP contribution in [-0.2, 0) is 4.79 Å². The van der Waals surface area contributed by atoms with E-state index in [2.05, 4.69) is 26.2 Å². The summed E-state index contributed by atoms with van der Waals surface area (Å²) in [6, 6.07) is 10.7. The van der Waals surface area contributed by atoms with E-state index in [0.717, 1.165) is 16.6 Å². The Bertz CT molecular complexity index is 721. The SMILES string of the molecule is O=C(NC1CCCN(c2ccccc2)C1=O)c1cncc(Br)c1. The molecule has 1 saturated heterocycles. The molecule has 1 N–H and O–H groups in total. The molecule has 2 amide bonds. The maximum Gasteiger partial charge on any atom is 0.253 e. The zero-order chi connectivity index (χ0) is 16.2. The molecule has 23 heavy (non-hydrogen) atoms. The minimum atomic E-state index is -0.504. The Kier molecular flexibility index (Phi) is 4.71. The van der Waals surface area contributed by atoms with Crippen molar-refractivity contribution in [1.82, 2.24) is 10.3 Å². The summed E-state index contributed by atoms with van der Waals surface area (Å²) >= 11 is 3.29. The smallest absolute Gasteiger partial charge is 0.253 e. The quantitative estimate of drug-likeness (QED) is 0.899. The first kappa shape index (κ1) is 15.7. The Morgan fingerprint density at radius 3 is 2.78 bits per heavy atom. The molecule has 6 heteroatoms. The maximum atomic E-state index is 12.6. The van der Waals surface area contributed by atoms with Crippen molar-refractivity contribution in [2.45, 2.75) is 18.9 Å². The third-order valence-corrected chi connectivity index (χ3v) is 4.21. The van der Waals surface area contributed by atoms with Gasteiger partial charge in [-0.15, -0.1) is 0 Å². The van der Waals surface area contributed by atoms with Gasteiger partial charge in [-0.3, -0.25) is 14.6 Å². The van der Waals surface area contributed by atoms with Gasteiger partial charge in [-0.1, -0.05) is 18.2 Å². The Morgan fingerprint density at radius 1 is 1.26 bits per heavy atom. The maximum absolute atomic E-state index is 12.6. The van der Waals surface area contributed by atoms with Crippen LogP contribution < -0.4 is 10.2 Å². The minimum absolute atomic E-state index is 0.0706. The van der Waals surface area contributed by atoms with Crippen molar-refractivity contribution in [2.24, 2.45) is 0 Å². The number of anilines is 1. The summed E-state index contributed by atoms with van der Waals surface area (Å²) in [5, 5.41) is 2.82. The molecule has 3 rings (SSSR count). The minimum Gasteiger partial charge on any atom is -0.340 e. The lowest BCUT2D eigenvalue weighted by molar-refractivity contribution is -0.121. The predicted molar refractivity (Wildman–Crippen MR) is 91.2 cm³/mol. The van der Waals surface area contributed by atoms with Gasteiger partial charge in [0.15, 0.2) is 0 Å². The topological polar surface area (TPSA) is 62.3 Å². The van der Waals surface area contributed by atoms with E-state index in [9.17, 15) is 9.59 Å². The van der Waals surface area contributed by atoms with Gasteiger partial charge < -0.3 is 10.2 Å². The normalized spacial score (nSPS) is 17.9. The molecule has 1 fully saturated rings. The number of rotatable bonds is 3. The summed E-state index contributed by atoms with van der Waals surface area (Å²) in [7, 11) is 0. The van der Waals surface area contributed by atoms with Crippen LogP contribution in [0.3, 0.4) is 0 Å². The van der Waals surface area contributed by atoms with Gasteiger partial charge >= 0.3 is 0 Å². The highest BCUT2D eigenvalue weighted by molar-refractivity contribution is 9.10. The summed E-state index contributed by atoms with van der Waals surface area (Å²) in [6.45, 7) is 0.674. The van der Waals surface area contributed by atoms with Crippen LogP contribution in [0.5, 0.6) is 0 Å². The van der Waals surface area contributed by atoms with Gasteiger partial charge in [0, 0.05) is 29.1 Å². The molecule has 0 spiro atoms. The lowest BCUT2D eigenvalue weighted by Gasteiger charge is -2.32. The van der Waals surface area contributed by atoms with Crippen molar-refractivity contribution in [3.63, 3.8) is 0 Å². The largest absolute Gasteiger partial charge is 0.340 e. The van der Waals surface area contributed by atoms with Crippen LogP contribution in [0.2, 0.25) is 0 Å². The second kappa shape index (κ2) is 6.91. The fourth-order valence-corrected chi connectivity index (χ4v) is 3.02. The number of aromatic nitrogens is 1. The molecule has 2 aromatic rings. The lowest BCUT2D eigenvalue weighted by atomic mass is 10.0. The molecular formula is C17H16BrN3O2. The van der Waals surface area contributed by atoms with E-state index in [1.165, 1.54) is 6.20 Å². The number of carbonyl (C=O) groups is 2. The van der Waals surface area contributed by atoms with E-state index in [0.29, 0.717) is 18.5 Å². The highest BCUT2D eigenvalue weighted by atomic mass is 79.9. The Balaban J connectivity index is 1.73. The van der Waals surface area contributed by atoms with Gasteiger partial charge in [0.25, 0.3) is 5.91 Å². The Morgan fingerprint density at radius 2 is 2.04 bits per heavy atom. The second-order valence-electron chi connectivity index (χ2n) is 5.39. The highest BCUT2D eigenvalue weighted by Crippen LogP contribution is 2.21. The summed E-state index contributed by atoms with van der Waals surface area (Å²) in [6.07, 6.45) is 4.60. The van der Waals surface area contributed by atoms with Crippen molar-refractivity contribution in [1.29, 1.82) is 0 Å². The molecule has 0 saturated carbocycles. The first-order valence-electron chi connectivity index (χ1n) is 7.43. The van der Waals surface area contributed by atoms with Crippen molar-refractivity contribution >= 4 is 33.4 Å². The first-order valence-corrected chi connectivity index (χ1v) is 8.22. The molecule has 1 aromatic carbocycles. The van der Waals surface area contributed by atoms with Crippen LogP contribution in [-0.4, -0.2) is 29.4 Å². The molecule has 5 nitrogen and oxygen atoms in total. The molecular weight excluding hydrogens is 358 g/mol. The van der Waals surface area contributed by atoms with Crippen LogP contribution in [0.15, 0.2) is 53.3 Å². The number of benzene rings is 1. The number of carbonyl (C=O) groups excluding carboxylic acids is 2. The number of pyridine rings is 1. The average Bonchev–Trinajstić information content (AvgIpc) is 2.57. The average molecular weight is 374 g/mol. The summed E-state index contributed by atoms with van der Waals surface area (Å²) in [5.74, 6) is -0.356. The highest BCUT2D eigenvalue weighted by Gasteiger charge is 2.30. The predicted octanol–water partition coefficient (Wildman–Crippen LogP) is 2.77. The van der Waals surface area contributed by atoms with Crippen molar-refractivity contribution in [2.75, 3.05) is 11.4 Å². The van der Waals surface area contributed by atoms with Crippen LogP contribution in [0.25, 0.3) is 0 Å². The van der Waals surface area contributed by atoms with Crippen LogP contribution in [0.4, 0.5) is 5.69 Å². The third-order valence-electron chi connectivity index (χ3n) is 3.78. The van der Waals surface area contributed by atoms with E-state index < -0.39 is 6.04 Å². The van der Waals surface area contributed by atoms with Crippen LogP contribution in [0.1, 0.15) is 23.2 Å². The van der Waals surface area contributed by atoms with E-state index in [1.54, 1.807) is 17.2 Å². The molecule has 1 aliphatic rings. The van der Waals surface area contributed by atoms with Crippen LogP contribution in [0, 0.1) is 0 Å². The number of nitrogens with one attached hydrogen (secondary N) is 1. The molecule has 118 valence electrons. The van der Waals surface area contributed by atoms with Gasteiger partial charge in [0.05, 0.1) is 5.56 Å². The zero-order valence-corrected chi connectivity index (χ0v) is 14.0. The van der Waals surface area contributed by atoms with E-state index in [1.807, 2.05) is 30.3 Å². The summed E-state index contributed by atoms with van der Waals surface area (Å²) in [4.78, 5) is 30.7. The van der Waals surface area contributed by atoms with Crippen LogP contribution >= 0.6 is 15.9 Å². The number of hydrogen-bond acceptors (Lipinski definition) is 3. The van der Waals surface area contributed by atoms with Gasteiger partial charge in [-0.2, -0.15) is 0 Å². The lowest BCUT2D eigenvalue weighted by Crippen LogP contribution is -2.52. The van der Waals surface area contributed by atoms with E-state index >= 15 is 0 Å². The molecule has 0 bridgehead atoms. The number of para-hydroxylation sites is 1. The number of nitrogens with zero attached hydrogens (tertiary/aromatic N) is 2. The summed E-state index contributed by atoms with van der Waals surface area (Å²) in [5.41, 5.74) is 1.30. The molecule has 1 aromatic heterocycles. The second-order valence-corrected chi connectivity index (χ2v) is 6.30. The number of halogens is 1. The summed E-state index contributed by atoms with van der Waals surface area (Å²) < 4.78 is 0.728. The number of piperidine rings is 1. The van der Waals surface area contributed by atoms with Crippen molar-refractivity contribution in [3.8, 4) is 0 Å². The number of amides is 2. The van der Waals surface area contributed by atoms with Gasteiger partial charge in [0.2, 0.25) is 5.91 Å². The van der Waals surface area contributed by atoms with E-state index in [4.69, 9.17) is 0 Å². The van der Waals surface area contributed by atoms with Crippen molar-refractivity contribution < 1.29 is 9.59 Å². The fourth-order valence-electron chi connectivity index (χ4n) is 2.65. The Labute approximate surface area is 142 Å². The van der Waals surface area contributed by atoms with Gasteiger partial charge in [0.1, 0.15) is 6.04 Å². The zero-order valence-electron chi connectivity index (χ0n) is 12.4. The van der Waals surface area contributed by atoms with Gasteiger partial charge in [-0.25, -0.2) is 0 Å². The first-order chi connectivity index (χ1) is 11.1. The molecule has 0 radical (unpaired) electrons. The molecule has 1 atom stereocenters. The standard InChI is InChI=1S/C17H16BrN3O2/c18-13-9-12(10-19-11-13)16(22)20-15-7-4-8-21(17(15)23)14-5-2-1-3-6-14/h1-3,5-6,9-11,15H,4,7-8H2,(H,20,22).